The van der Waals surface area contributed by atoms with E-state index in [4.69, 9.17) is 4.74 Å². The molecule has 0 aromatic heterocycles. The molecule has 0 spiro atoms. The summed E-state index contributed by atoms with van der Waals surface area (Å²) in [4.78, 5) is 22.9. The predicted octanol–water partition coefficient (Wildman–Crippen LogP) is 1.08. The Morgan fingerprint density at radius 2 is 1.61 bits per heavy atom. The molecule has 0 saturated carbocycles. The van der Waals surface area contributed by atoms with Crippen molar-refractivity contribution in [2.24, 2.45) is 5.41 Å². The van der Waals surface area contributed by atoms with E-state index in [0.717, 1.165) is 0 Å². The number of ether oxygens (including phenoxy) is 1. The number of carbonyl (C=O) groups is 2. The van der Waals surface area contributed by atoms with Gasteiger partial charge in [0.1, 0.15) is 6.61 Å². The lowest BCUT2D eigenvalue weighted by atomic mass is 9.96. The molecule has 0 radical (unpaired) electrons. The van der Waals surface area contributed by atoms with Crippen LogP contribution in [-0.4, -0.2) is 37.1 Å². The summed E-state index contributed by atoms with van der Waals surface area (Å²) in [5.74, 6) is -0.171. The first-order chi connectivity index (χ1) is 8.02. The Kier molecular flexibility index (Phi) is 6.32. The largest absolute Gasteiger partial charge is 0.370 e. The van der Waals surface area contributed by atoms with Crippen LogP contribution >= 0.6 is 0 Å². The summed E-state index contributed by atoms with van der Waals surface area (Å²) in [5, 5.41) is 5.54. The Morgan fingerprint density at radius 3 is 2.06 bits per heavy atom. The van der Waals surface area contributed by atoms with Gasteiger partial charge in [0, 0.05) is 17.5 Å². The van der Waals surface area contributed by atoms with Crippen LogP contribution < -0.4 is 10.6 Å². The fourth-order valence-corrected chi connectivity index (χ4v) is 1.12. The molecule has 0 saturated heterocycles. The van der Waals surface area contributed by atoms with Gasteiger partial charge in [0.2, 0.25) is 11.8 Å². The highest BCUT2D eigenvalue weighted by molar-refractivity contribution is 5.81. The molecule has 18 heavy (non-hydrogen) atoms. The minimum atomic E-state index is -0.399. The molecule has 106 valence electrons. The fraction of sp³-hybridized carbons (Fsp3) is 0.846. The van der Waals surface area contributed by atoms with Crippen LogP contribution in [0.5, 0.6) is 0 Å². The van der Waals surface area contributed by atoms with Gasteiger partial charge in [-0.15, -0.1) is 0 Å². The second-order valence-electron chi connectivity index (χ2n) is 6.36. The van der Waals surface area contributed by atoms with E-state index in [1.807, 2.05) is 41.5 Å². The molecule has 5 heteroatoms. The van der Waals surface area contributed by atoms with Crippen LogP contribution in [-0.2, 0) is 14.3 Å². The average Bonchev–Trinajstić information content (AvgIpc) is 2.12. The van der Waals surface area contributed by atoms with Gasteiger partial charge in [0.05, 0.1) is 6.61 Å². The fourth-order valence-electron chi connectivity index (χ4n) is 1.12. The Bertz CT molecular complexity index is 288. The summed E-state index contributed by atoms with van der Waals surface area (Å²) in [6.07, 6.45) is 0. The maximum Gasteiger partial charge on any atom is 0.246 e. The minimum Gasteiger partial charge on any atom is -0.370 e. The molecular formula is C13H26N2O3. The molecule has 0 aliphatic heterocycles. The molecule has 5 nitrogen and oxygen atoms in total. The van der Waals surface area contributed by atoms with Crippen LogP contribution in [0.25, 0.3) is 0 Å². The van der Waals surface area contributed by atoms with Crippen LogP contribution in [0.1, 0.15) is 41.5 Å². The van der Waals surface area contributed by atoms with Crippen molar-refractivity contribution in [3.05, 3.63) is 0 Å². The molecule has 0 bridgehead atoms. The van der Waals surface area contributed by atoms with E-state index in [2.05, 4.69) is 10.6 Å². The van der Waals surface area contributed by atoms with Crippen LogP contribution in [0.4, 0.5) is 0 Å². The summed E-state index contributed by atoms with van der Waals surface area (Å²) in [5.41, 5.74) is -0.648. The third-order valence-electron chi connectivity index (χ3n) is 1.96. The van der Waals surface area contributed by atoms with Gasteiger partial charge in [-0.25, -0.2) is 0 Å². The van der Waals surface area contributed by atoms with Gasteiger partial charge in [0.25, 0.3) is 0 Å². The van der Waals surface area contributed by atoms with Crippen molar-refractivity contribution in [1.29, 1.82) is 0 Å². The Hall–Kier alpha value is -1.10. The van der Waals surface area contributed by atoms with Gasteiger partial charge in [-0.05, 0) is 20.8 Å². The van der Waals surface area contributed by atoms with E-state index in [-0.39, 0.29) is 24.0 Å². The highest BCUT2D eigenvalue weighted by Crippen LogP contribution is 2.11. The molecule has 0 heterocycles. The van der Waals surface area contributed by atoms with Crippen molar-refractivity contribution in [3.63, 3.8) is 0 Å². The van der Waals surface area contributed by atoms with E-state index in [0.29, 0.717) is 13.2 Å². The molecule has 0 aliphatic rings. The van der Waals surface area contributed by atoms with Crippen molar-refractivity contribution < 1.29 is 14.3 Å². The van der Waals surface area contributed by atoms with Crippen LogP contribution in [0.15, 0.2) is 0 Å². The normalized spacial score (nSPS) is 12.1. The molecule has 2 N–H and O–H groups in total. The summed E-state index contributed by atoms with van der Waals surface area (Å²) < 4.78 is 5.18. The zero-order valence-electron chi connectivity index (χ0n) is 12.3. The van der Waals surface area contributed by atoms with Crippen molar-refractivity contribution >= 4 is 11.8 Å². The number of carbonyl (C=O) groups excluding carboxylic acids is 2. The zero-order chi connectivity index (χ0) is 14.4. The quantitative estimate of drug-likeness (QED) is 0.725. The SMILES string of the molecule is CC(C)(C)NC(=O)COCCNC(=O)C(C)(C)C. The van der Waals surface area contributed by atoms with E-state index in [1.54, 1.807) is 0 Å². The van der Waals surface area contributed by atoms with Gasteiger partial charge in [-0.3, -0.25) is 9.59 Å². The maximum atomic E-state index is 11.5. The first-order valence-electron chi connectivity index (χ1n) is 6.19. The van der Waals surface area contributed by atoms with E-state index < -0.39 is 5.41 Å². The monoisotopic (exact) mass is 258 g/mol. The Morgan fingerprint density at radius 1 is 1.06 bits per heavy atom. The van der Waals surface area contributed by atoms with Gasteiger partial charge in [0.15, 0.2) is 0 Å². The summed E-state index contributed by atoms with van der Waals surface area (Å²) in [6, 6.07) is 0. The van der Waals surface area contributed by atoms with Crippen molar-refractivity contribution in [3.8, 4) is 0 Å². The molecule has 0 unspecified atom stereocenters. The predicted molar refractivity (Wildman–Crippen MR) is 71.2 cm³/mol. The Labute approximate surface area is 110 Å². The molecule has 0 atom stereocenters. The van der Waals surface area contributed by atoms with Gasteiger partial charge in [-0.1, -0.05) is 20.8 Å². The topological polar surface area (TPSA) is 67.4 Å². The van der Waals surface area contributed by atoms with Crippen molar-refractivity contribution in [2.75, 3.05) is 19.8 Å². The van der Waals surface area contributed by atoms with Gasteiger partial charge < -0.3 is 15.4 Å². The third kappa shape index (κ3) is 8.98. The summed E-state index contributed by atoms with van der Waals surface area (Å²) >= 11 is 0. The van der Waals surface area contributed by atoms with E-state index >= 15 is 0 Å². The molecule has 0 aromatic rings. The van der Waals surface area contributed by atoms with Crippen LogP contribution in [0.3, 0.4) is 0 Å². The highest BCUT2D eigenvalue weighted by atomic mass is 16.5. The molecular weight excluding hydrogens is 232 g/mol. The summed E-state index contributed by atoms with van der Waals surface area (Å²) in [7, 11) is 0. The first kappa shape index (κ1) is 16.9. The number of hydrogen-bond donors (Lipinski definition) is 2. The lowest BCUT2D eigenvalue weighted by molar-refractivity contribution is -0.129. The molecule has 0 aromatic carbocycles. The van der Waals surface area contributed by atoms with Crippen molar-refractivity contribution in [2.45, 2.75) is 47.1 Å². The average molecular weight is 258 g/mol. The molecule has 2 amide bonds. The van der Waals surface area contributed by atoms with Gasteiger partial charge >= 0.3 is 0 Å². The zero-order valence-corrected chi connectivity index (χ0v) is 12.3. The van der Waals surface area contributed by atoms with Crippen LogP contribution in [0.2, 0.25) is 0 Å². The number of nitrogens with one attached hydrogen (secondary N) is 2. The first-order valence-corrected chi connectivity index (χ1v) is 6.19. The second kappa shape index (κ2) is 6.73. The smallest absolute Gasteiger partial charge is 0.246 e. The standard InChI is InChI=1S/C13H26N2O3/c1-12(2,3)11(17)14-7-8-18-9-10(16)15-13(4,5)6/h7-9H2,1-6H3,(H,14,17)(H,15,16). The summed E-state index contributed by atoms with van der Waals surface area (Å²) in [6.45, 7) is 12.0. The maximum absolute atomic E-state index is 11.5. The van der Waals surface area contributed by atoms with Crippen LogP contribution in [0, 0.1) is 5.41 Å². The molecule has 0 fully saturated rings. The minimum absolute atomic E-state index is 0.0165. The lowest BCUT2D eigenvalue weighted by Gasteiger charge is -2.20. The number of amides is 2. The van der Waals surface area contributed by atoms with Crippen molar-refractivity contribution in [1.82, 2.24) is 10.6 Å². The Balaban J connectivity index is 3.64. The third-order valence-corrected chi connectivity index (χ3v) is 1.96. The van der Waals surface area contributed by atoms with E-state index in [9.17, 15) is 9.59 Å². The highest BCUT2D eigenvalue weighted by Gasteiger charge is 2.20. The molecule has 0 rings (SSSR count). The lowest BCUT2D eigenvalue weighted by Crippen LogP contribution is -2.43. The molecule has 0 aliphatic carbocycles. The van der Waals surface area contributed by atoms with Gasteiger partial charge in [-0.2, -0.15) is 0 Å². The van der Waals surface area contributed by atoms with E-state index in [1.165, 1.54) is 0 Å². The number of hydrogen-bond acceptors (Lipinski definition) is 3. The number of rotatable bonds is 5. The second-order valence-corrected chi connectivity index (χ2v) is 6.36.